The highest BCUT2D eigenvalue weighted by atomic mass is 16.2. The number of amides is 1. The SMILES string of the molecule is O=C([C@H](c1ccccc1)n1cnnn1)N1CCCC2=C[C@H]3C[C@H](CN4CCCC[C@H]34)[C@@H]21. The van der Waals surface area contributed by atoms with Gasteiger partial charge in [-0.25, -0.2) is 4.68 Å². The van der Waals surface area contributed by atoms with Gasteiger partial charge >= 0.3 is 0 Å². The molecule has 162 valence electrons. The Balaban J connectivity index is 1.35. The Labute approximate surface area is 183 Å². The highest BCUT2D eigenvalue weighted by molar-refractivity contribution is 5.84. The maximum atomic E-state index is 14.1. The van der Waals surface area contributed by atoms with Crippen molar-refractivity contribution in [1.29, 1.82) is 0 Å². The summed E-state index contributed by atoms with van der Waals surface area (Å²) in [7, 11) is 0. The second-order valence-corrected chi connectivity index (χ2v) is 9.64. The van der Waals surface area contributed by atoms with E-state index in [9.17, 15) is 4.79 Å². The molecule has 5 atom stereocenters. The van der Waals surface area contributed by atoms with Gasteiger partial charge < -0.3 is 4.90 Å². The van der Waals surface area contributed by atoms with E-state index in [2.05, 4.69) is 31.4 Å². The van der Waals surface area contributed by atoms with Gasteiger partial charge in [0.1, 0.15) is 6.33 Å². The summed E-state index contributed by atoms with van der Waals surface area (Å²) in [4.78, 5) is 19.0. The van der Waals surface area contributed by atoms with Crippen LogP contribution in [0.5, 0.6) is 0 Å². The van der Waals surface area contributed by atoms with E-state index in [0.29, 0.717) is 11.8 Å². The van der Waals surface area contributed by atoms with Crippen molar-refractivity contribution >= 4 is 5.91 Å². The molecule has 6 rings (SSSR count). The maximum absolute atomic E-state index is 14.1. The molecule has 1 aromatic carbocycles. The van der Waals surface area contributed by atoms with Gasteiger partial charge in [-0.3, -0.25) is 9.69 Å². The number of nitrogens with zero attached hydrogens (tertiary/aromatic N) is 6. The molecule has 2 bridgehead atoms. The van der Waals surface area contributed by atoms with E-state index in [0.717, 1.165) is 37.5 Å². The Morgan fingerprint density at radius 3 is 2.84 bits per heavy atom. The molecular weight excluding hydrogens is 388 g/mol. The number of tetrazole rings is 1. The van der Waals surface area contributed by atoms with Gasteiger partial charge in [0, 0.05) is 19.1 Å². The van der Waals surface area contributed by atoms with Crippen molar-refractivity contribution in [1.82, 2.24) is 30.0 Å². The molecule has 7 heteroatoms. The molecule has 1 amide bonds. The van der Waals surface area contributed by atoms with Gasteiger partial charge in [0.05, 0.1) is 6.04 Å². The van der Waals surface area contributed by atoms with E-state index in [1.165, 1.54) is 37.8 Å². The van der Waals surface area contributed by atoms with E-state index in [4.69, 9.17) is 0 Å². The van der Waals surface area contributed by atoms with Crippen molar-refractivity contribution < 1.29 is 4.79 Å². The average molecular weight is 419 g/mol. The Bertz CT molecular complexity index is 958. The third-order valence-corrected chi connectivity index (χ3v) is 7.92. The molecule has 0 radical (unpaired) electrons. The molecule has 3 saturated heterocycles. The van der Waals surface area contributed by atoms with E-state index >= 15 is 0 Å². The highest BCUT2D eigenvalue weighted by Gasteiger charge is 2.48. The first-order valence-electron chi connectivity index (χ1n) is 11.8. The van der Waals surface area contributed by atoms with E-state index in [1.54, 1.807) is 11.0 Å². The molecule has 31 heavy (non-hydrogen) atoms. The molecule has 4 heterocycles. The van der Waals surface area contributed by atoms with Gasteiger partial charge in [-0.15, -0.1) is 5.10 Å². The number of piperidine rings is 3. The van der Waals surface area contributed by atoms with Crippen molar-refractivity contribution in [2.24, 2.45) is 11.8 Å². The Morgan fingerprint density at radius 2 is 2.00 bits per heavy atom. The fraction of sp³-hybridized carbons (Fsp3) is 0.583. The van der Waals surface area contributed by atoms with Crippen LogP contribution in [0.1, 0.15) is 50.1 Å². The Kier molecular flexibility index (Phi) is 4.86. The lowest BCUT2D eigenvalue weighted by Gasteiger charge is -2.55. The van der Waals surface area contributed by atoms with Crippen LogP contribution in [0.4, 0.5) is 0 Å². The molecule has 7 nitrogen and oxygen atoms in total. The molecule has 0 N–H and O–H groups in total. The van der Waals surface area contributed by atoms with Crippen molar-refractivity contribution in [3.8, 4) is 0 Å². The quantitative estimate of drug-likeness (QED) is 0.717. The van der Waals surface area contributed by atoms with Crippen LogP contribution in [-0.4, -0.2) is 67.6 Å². The van der Waals surface area contributed by atoms with Gasteiger partial charge in [0.15, 0.2) is 6.04 Å². The summed E-state index contributed by atoms with van der Waals surface area (Å²) in [5.41, 5.74) is 2.44. The monoisotopic (exact) mass is 418 g/mol. The summed E-state index contributed by atoms with van der Waals surface area (Å²) in [6.45, 7) is 3.17. The van der Waals surface area contributed by atoms with Gasteiger partial charge in [-0.1, -0.05) is 48.4 Å². The lowest BCUT2D eigenvalue weighted by Crippen LogP contribution is -2.60. The van der Waals surface area contributed by atoms with Crippen LogP contribution < -0.4 is 0 Å². The zero-order valence-corrected chi connectivity index (χ0v) is 17.9. The predicted octanol–water partition coefficient (Wildman–Crippen LogP) is 2.68. The number of fused-ring (bicyclic) bond motifs is 6. The fourth-order valence-electron chi connectivity index (χ4n) is 6.71. The fourth-order valence-corrected chi connectivity index (χ4v) is 6.71. The second kappa shape index (κ2) is 7.86. The van der Waals surface area contributed by atoms with Gasteiger partial charge in [0.25, 0.3) is 5.91 Å². The summed E-state index contributed by atoms with van der Waals surface area (Å²) in [6.07, 6.45) is 11.5. The van der Waals surface area contributed by atoms with Gasteiger partial charge in [-0.2, -0.15) is 0 Å². The molecule has 2 aromatic rings. The molecule has 3 fully saturated rings. The third-order valence-electron chi connectivity index (χ3n) is 7.92. The van der Waals surface area contributed by atoms with E-state index in [-0.39, 0.29) is 11.9 Å². The van der Waals surface area contributed by atoms with Crippen LogP contribution in [0, 0.1) is 11.8 Å². The van der Waals surface area contributed by atoms with Crippen LogP contribution in [-0.2, 0) is 4.79 Å². The number of aromatic nitrogens is 4. The number of carbonyl (C=O) groups excluding carboxylic acids is 1. The molecule has 1 aromatic heterocycles. The maximum Gasteiger partial charge on any atom is 0.252 e. The molecule has 4 aliphatic rings. The summed E-state index contributed by atoms with van der Waals surface area (Å²) < 4.78 is 1.61. The van der Waals surface area contributed by atoms with Crippen LogP contribution in [0.15, 0.2) is 48.3 Å². The first-order chi connectivity index (χ1) is 15.3. The first-order valence-corrected chi connectivity index (χ1v) is 11.8. The number of benzene rings is 1. The van der Waals surface area contributed by atoms with Gasteiger partial charge in [0.2, 0.25) is 0 Å². The van der Waals surface area contributed by atoms with Gasteiger partial charge in [-0.05, 0) is 66.5 Å². The van der Waals surface area contributed by atoms with Crippen LogP contribution in [0.2, 0.25) is 0 Å². The topological polar surface area (TPSA) is 67.2 Å². The number of rotatable bonds is 3. The summed E-state index contributed by atoms with van der Waals surface area (Å²) in [5.74, 6) is 1.33. The average Bonchev–Trinajstić information content (AvgIpc) is 3.34. The minimum absolute atomic E-state index is 0.119. The van der Waals surface area contributed by atoms with Crippen molar-refractivity contribution in [2.45, 2.75) is 56.7 Å². The second-order valence-electron chi connectivity index (χ2n) is 9.64. The largest absolute Gasteiger partial charge is 0.333 e. The molecular formula is C24H30N6O. The summed E-state index contributed by atoms with van der Waals surface area (Å²) >= 11 is 0. The highest BCUT2D eigenvalue weighted by Crippen LogP contribution is 2.45. The molecule has 3 aliphatic heterocycles. The first kappa shape index (κ1) is 19.2. The number of carbonyl (C=O) groups is 1. The third kappa shape index (κ3) is 3.30. The lowest BCUT2D eigenvalue weighted by molar-refractivity contribution is -0.139. The zero-order chi connectivity index (χ0) is 20.8. The number of hydrogen-bond acceptors (Lipinski definition) is 5. The van der Waals surface area contributed by atoms with Crippen LogP contribution >= 0.6 is 0 Å². The number of likely N-dealkylation sites (tertiary alicyclic amines) is 1. The Hall–Kier alpha value is -2.54. The normalized spacial score (nSPS) is 31.4. The number of hydrogen-bond donors (Lipinski definition) is 0. The predicted molar refractivity (Wildman–Crippen MR) is 116 cm³/mol. The molecule has 1 aliphatic carbocycles. The van der Waals surface area contributed by atoms with Crippen molar-refractivity contribution in [3.05, 3.63) is 53.9 Å². The molecule has 0 spiro atoms. The minimum Gasteiger partial charge on any atom is -0.333 e. The Morgan fingerprint density at radius 1 is 1.10 bits per heavy atom. The smallest absolute Gasteiger partial charge is 0.252 e. The molecule has 0 saturated carbocycles. The van der Waals surface area contributed by atoms with Crippen LogP contribution in [0.25, 0.3) is 0 Å². The van der Waals surface area contributed by atoms with Crippen molar-refractivity contribution in [2.75, 3.05) is 19.6 Å². The standard InChI is InChI=1S/C24H30N6O/c31-24(23(30-16-25-26-27-30)17-7-2-1-3-8-17)29-12-6-9-18-13-19-14-20(22(18)29)15-28-11-5-4-10-21(19)28/h1-3,7-8,13,16,19-23H,4-6,9-12,14-15H2/t19-,20+,21+,22+,23-/m0/s1. The lowest BCUT2D eigenvalue weighted by atomic mass is 9.68. The van der Waals surface area contributed by atoms with Crippen molar-refractivity contribution in [3.63, 3.8) is 0 Å². The van der Waals surface area contributed by atoms with E-state index < -0.39 is 6.04 Å². The zero-order valence-electron chi connectivity index (χ0n) is 17.9. The summed E-state index contributed by atoms with van der Waals surface area (Å²) in [5, 5.41) is 11.7. The van der Waals surface area contributed by atoms with Crippen LogP contribution in [0.3, 0.4) is 0 Å². The summed E-state index contributed by atoms with van der Waals surface area (Å²) in [6, 6.07) is 10.4. The van der Waals surface area contributed by atoms with E-state index in [1.807, 2.05) is 30.3 Å². The minimum atomic E-state index is -0.514. The molecule has 0 unspecified atom stereocenters.